The van der Waals surface area contributed by atoms with E-state index in [1.54, 1.807) is 0 Å². The van der Waals surface area contributed by atoms with Gasteiger partial charge >= 0.3 is 11.9 Å². The van der Waals surface area contributed by atoms with Gasteiger partial charge in [-0.25, -0.2) is 0 Å². The van der Waals surface area contributed by atoms with Gasteiger partial charge in [-0.3, -0.25) is 9.59 Å². The number of hydrogen-bond donors (Lipinski definition) is 1. The van der Waals surface area contributed by atoms with Crippen LogP contribution in [0.1, 0.15) is 30.4 Å². The Labute approximate surface area is 107 Å². The van der Waals surface area contributed by atoms with Gasteiger partial charge in [-0.1, -0.05) is 24.3 Å². The first-order valence-corrected chi connectivity index (χ1v) is 5.99. The van der Waals surface area contributed by atoms with E-state index in [4.69, 9.17) is 5.11 Å². The predicted octanol–water partition coefficient (Wildman–Crippen LogP) is 2.20. The second-order valence-electron chi connectivity index (χ2n) is 4.09. The predicted molar refractivity (Wildman–Crippen MR) is 67.4 cm³/mol. The molecular formula is C14H18O4. The fourth-order valence-electron chi connectivity index (χ4n) is 1.81. The SMILES string of the molecule is COC(=O)CCc1ccccc1CCCC(=O)O. The molecule has 0 saturated carbocycles. The molecule has 0 saturated heterocycles. The van der Waals surface area contributed by atoms with Crippen molar-refractivity contribution < 1.29 is 19.4 Å². The van der Waals surface area contributed by atoms with Crippen molar-refractivity contribution in [2.75, 3.05) is 7.11 Å². The number of aliphatic carboxylic acids is 1. The molecule has 1 N–H and O–H groups in total. The Morgan fingerprint density at radius 3 is 2.28 bits per heavy atom. The van der Waals surface area contributed by atoms with Crippen LogP contribution in [0.2, 0.25) is 0 Å². The fourth-order valence-corrected chi connectivity index (χ4v) is 1.81. The monoisotopic (exact) mass is 250 g/mol. The second-order valence-corrected chi connectivity index (χ2v) is 4.09. The highest BCUT2D eigenvalue weighted by Gasteiger charge is 2.06. The molecular weight excluding hydrogens is 232 g/mol. The molecule has 1 aromatic carbocycles. The number of ether oxygens (including phenoxy) is 1. The lowest BCUT2D eigenvalue weighted by Crippen LogP contribution is -2.04. The molecule has 0 bridgehead atoms. The van der Waals surface area contributed by atoms with Crippen LogP contribution in [0.25, 0.3) is 0 Å². The van der Waals surface area contributed by atoms with Crippen molar-refractivity contribution in [1.29, 1.82) is 0 Å². The third kappa shape index (κ3) is 4.99. The smallest absolute Gasteiger partial charge is 0.305 e. The Balaban J connectivity index is 2.56. The molecule has 0 spiro atoms. The Hall–Kier alpha value is -1.84. The Morgan fingerprint density at radius 2 is 1.72 bits per heavy atom. The van der Waals surface area contributed by atoms with E-state index in [1.165, 1.54) is 7.11 Å². The number of carboxylic acids is 1. The average molecular weight is 250 g/mol. The van der Waals surface area contributed by atoms with Crippen LogP contribution in [0.5, 0.6) is 0 Å². The van der Waals surface area contributed by atoms with Gasteiger partial charge in [0.2, 0.25) is 0 Å². The van der Waals surface area contributed by atoms with Gasteiger partial charge in [0.25, 0.3) is 0 Å². The van der Waals surface area contributed by atoms with Crippen LogP contribution in [0.3, 0.4) is 0 Å². The van der Waals surface area contributed by atoms with Crippen LogP contribution in [0.15, 0.2) is 24.3 Å². The van der Waals surface area contributed by atoms with Crippen molar-refractivity contribution in [3.63, 3.8) is 0 Å². The number of carbonyl (C=O) groups excluding carboxylic acids is 1. The number of benzene rings is 1. The number of esters is 1. The minimum absolute atomic E-state index is 0.172. The van der Waals surface area contributed by atoms with E-state index in [0.717, 1.165) is 17.5 Å². The van der Waals surface area contributed by atoms with E-state index >= 15 is 0 Å². The van der Waals surface area contributed by atoms with E-state index in [9.17, 15) is 9.59 Å². The van der Waals surface area contributed by atoms with Gasteiger partial charge in [-0.15, -0.1) is 0 Å². The summed E-state index contributed by atoms with van der Waals surface area (Å²) < 4.78 is 4.61. The van der Waals surface area contributed by atoms with E-state index in [2.05, 4.69) is 4.74 Å². The van der Waals surface area contributed by atoms with Gasteiger partial charge in [0.1, 0.15) is 0 Å². The van der Waals surface area contributed by atoms with Crippen LogP contribution >= 0.6 is 0 Å². The molecule has 0 atom stereocenters. The van der Waals surface area contributed by atoms with Crippen LogP contribution in [0.4, 0.5) is 0 Å². The first-order valence-electron chi connectivity index (χ1n) is 5.99. The molecule has 1 rings (SSSR count). The van der Waals surface area contributed by atoms with Crippen molar-refractivity contribution in [1.82, 2.24) is 0 Å². The first kappa shape index (κ1) is 14.2. The summed E-state index contributed by atoms with van der Waals surface area (Å²) in [5, 5.41) is 8.61. The van der Waals surface area contributed by atoms with Gasteiger partial charge in [-0.05, 0) is 30.4 Å². The minimum atomic E-state index is -0.776. The van der Waals surface area contributed by atoms with Gasteiger partial charge < -0.3 is 9.84 Å². The van der Waals surface area contributed by atoms with Gasteiger partial charge in [0.05, 0.1) is 7.11 Å². The van der Waals surface area contributed by atoms with E-state index in [1.807, 2.05) is 24.3 Å². The number of methoxy groups -OCH3 is 1. The maximum Gasteiger partial charge on any atom is 0.305 e. The normalized spacial score (nSPS) is 10.1. The van der Waals surface area contributed by atoms with Crippen LogP contribution in [0, 0.1) is 0 Å². The topological polar surface area (TPSA) is 63.6 Å². The molecule has 0 aromatic heterocycles. The first-order chi connectivity index (χ1) is 8.63. The highest BCUT2D eigenvalue weighted by atomic mass is 16.5. The molecule has 0 aliphatic rings. The molecule has 98 valence electrons. The van der Waals surface area contributed by atoms with Gasteiger partial charge in [-0.2, -0.15) is 0 Å². The minimum Gasteiger partial charge on any atom is -0.481 e. The Bertz CT molecular complexity index is 412. The number of carboxylic acid groups (broad SMARTS) is 1. The average Bonchev–Trinajstić information content (AvgIpc) is 2.36. The molecule has 4 nitrogen and oxygen atoms in total. The number of hydrogen-bond acceptors (Lipinski definition) is 3. The molecule has 4 heteroatoms. The summed E-state index contributed by atoms with van der Waals surface area (Å²) in [5.74, 6) is -1.00. The van der Waals surface area contributed by atoms with Crippen molar-refractivity contribution in [3.8, 4) is 0 Å². The van der Waals surface area contributed by atoms with Crippen molar-refractivity contribution in [3.05, 3.63) is 35.4 Å². The molecule has 18 heavy (non-hydrogen) atoms. The van der Waals surface area contributed by atoms with E-state index in [0.29, 0.717) is 19.3 Å². The van der Waals surface area contributed by atoms with E-state index < -0.39 is 5.97 Å². The zero-order valence-corrected chi connectivity index (χ0v) is 10.5. The van der Waals surface area contributed by atoms with Crippen LogP contribution < -0.4 is 0 Å². The van der Waals surface area contributed by atoms with E-state index in [-0.39, 0.29) is 12.4 Å². The molecule has 0 fully saturated rings. The summed E-state index contributed by atoms with van der Waals surface area (Å²) in [6.07, 6.45) is 2.50. The van der Waals surface area contributed by atoms with Crippen LogP contribution in [-0.2, 0) is 27.2 Å². The summed E-state index contributed by atoms with van der Waals surface area (Å²) in [7, 11) is 1.38. The third-order valence-electron chi connectivity index (χ3n) is 2.78. The van der Waals surface area contributed by atoms with Gasteiger partial charge in [0.15, 0.2) is 0 Å². The molecule has 1 aromatic rings. The number of aryl methyl sites for hydroxylation is 2. The summed E-state index contributed by atoms with van der Waals surface area (Å²) in [5.41, 5.74) is 2.20. The molecule has 0 aliphatic heterocycles. The summed E-state index contributed by atoms with van der Waals surface area (Å²) in [6, 6.07) is 7.80. The molecule has 0 unspecified atom stereocenters. The largest absolute Gasteiger partial charge is 0.481 e. The third-order valence-corrected chi connectivity index (χ3v) is 2.78. The zero-order chi connectivity index (χ0) is 13.4. The fraction of sp³-hybridized carbons (Fsp3) is 0.429. The Kier molecular flexibility index (Phi) is 5.91. The summed E-state index contributed by atoms with van der Waals surface area (Å²) in [6.45, 7) is 0. The standard InChI is InChI=1S/C14H18O4/c1-18-14(17)10-9-12-6-3-2-5-11(12)7-4-8-13(15)16/h2-3,5-6H,4,7-10H2,1H3,(H,15,16). The lowest BCUT2D eigenvalue weighted by Gasteiger charge is -2.08. The summed E-state index contributed by atoms with van der Waals surface area (Å²) in [4.78, 5) is 21.6. The lowest BCUT2D eigenvalue weighted by atomic mass is 9.98. The lowest BCUT2D eigenvalue weighted by molar-refractivity contribution is -0.140. The van der Waals surface area contributed by atoms with Crippen molar-refractivity contribution >= 4 is 11.9 Å². The molecule has 0 amide bonds. The molecule has 0 heterocycles. The highest BCUT2D eigenvalue weighted by molar-refractivity contribution is 5.69. The molecule has 0 radical (unpaired) electrons. The number of rotatable bonds is 7. The number of carbonyl (C=O) groups is 2. The quantitative estimate of drug-likeness (QED) is 0.753. The second kappa shape index (κ2) is 7.48. The zero-order valence-electron chi connectivity index (χ0n) is 10.5. The van der Waals surface area contributed by atoms with Crippen molar-refractivity contribution in [2.45, 2.75) is 32.1 Å². The van der Waals surface area contributed by atoms with Crippen LogP contribution in [-0.4, -0.2) is 24.2 Å². The maximum absolute atomic E-state index is 11.1. The Morgan fingerprint density at radius 1 is 1.11 bits per heavy atom. The maximum atomic E-state index is 11.1. The van der Waals surface area contributed by atoms with Crippen molar-refractivity contribution in [2.24, 2.45) is 0 Å². The highest BCUT2D eigenvalue weighted by Crippen LogP contribution is 2.14. The summed E-state index contributed by atoms with van der Waals surface area (Å²) >= 11 is 0. The molecule has 0 aliphatic carbocycles. The van der Waals surface area contributed by atoms with Gasteiger partial charge in [0, 0.05) is 12.8 Å².